The Bertz CT molecular complexity index is 468. The molecule has 2 aromatic rings. The topological polar surface area (TPSA) is 46.2 Å². The second kappa shape index (κ2) is 4.28. The quantitative estimate of drug-likeness (QED) is 0.837. The molecular weight excluding hydrogens is 218 g/mol. The highest BCUT2D eigenvalue weighted by Gasteiger charge is 2.12. The Morgan fingerprint density at radius 2 is 1.81 bits per heavy atom. The largest absolute Gasteiger partial charge is 0.507 e. The molecule has 84 valence electrons. The molecule has 0 amide bonds. The van der Waals surface area contributed by atoms with Gasteiger partial charge in [-0.3, -0.25) is 0 Å². The standard InChI is InChI=1S/C13H15NOS/c1-8-5-11(6-9(2)13(8)15)12(14)10-3-4-16-7-10/h3-7,12,15H,14H2,1-2H3/t12-/m0/s1. The zero-order valence-electron chi connectivity index (χ0n) is 9.40. The molecule has 1 aromatic carbocycles. The smallest absolute Gasteiger partial charge is 0.121 e. The molecule has 0 saturated carbocycles. The summed E-state index contributed by atoms with van der Waals surface area (Å²) in [6, 6.07) is 5.83. The van der Waals surface area contributed by atoms with E-state index in [9.17, 15) is 5.11 Å². The van der Waals surface area contributed by atoms with E-state index in [0.29, 0.717) is 5.75 Å². The van der Waals surface area contributed by atoms with Gasteiger partial charge >= 0.3 is 0 Å². The molecular formula is C13H15NOS. The lowest BCUT2D eigenvalue weighted by Crippen LogP contribution is -2.11. The number of hydrogen-bond donors (Lipinski definition) is 2. The zero-order chi connectivity index (χ0) is 11.7. The van der Waals surface area contributed by atoms with Crippen molar-refractivity contribution in [2.45, 2.75) is 19.9 Å². The molecule has 3 heteroatoms. The maximum atomic E-state index is 9.70. The van der Waals surface area contributed by atoms with Crippen LogP contribution in [-0.2, 0) is 0 Å². The molecule has 0 fully saturated rings. The Kier molecular flexibility index (Phi) is 2.99. The van der Waals surface area contributed by atoms with E-state index < -0.39 is 0 Å². The predicted octanol–water partition coefficient (Wildman–Crippen LogP) is 3.12. The minimum atomic E-state index is -0.107. The van der Waals surface area contributed by atoms with Gasteiger partial charge in [0.2, 0.25) is 0 Å². The van der Waals surface area contributed by atoms with Gasteiger partial charge in [0.1, 0.15) is 5.75 Å². The first-order valence-corrected chi connectivity index (χ1v) is 6.11. The average Bonchev–Trinajstić information content (AvgIpc) is 2.77. The van der Waals surface area contributed by atoms with Gasteiger partial charge in [-0.05, 0) is 52.9 Å². The number of benzene rings is 1. The third kappa shape index (κ3) is 1.96. The molecule has 3 N–H and O–H groups in total. The van der Waals surface area contributed by atoms with Crippen molar-refractivity contribution in [1.82, 2.24) is 0 Å². The molecule has 1 aromatic heterocycles. The van der Waals surface area contributed by atoms with Gasteiger partial charge in [-0.1, -0.05) is 12.1 Å². The highest BCUT2D eigenvalue weighted by atomic mass is 32.1. The van der Waals surface area contributed by atoms with Gasteiger partial charge in [0, 0.05) is 0 Å². The van der Waals surface area contributed by atoms with E-state index in [4.69, 9.17) is 5.73 Å². The Morgan fingerprint density at radius 1 is 1.19 bits per heavy atom. The number of rotatable bonds is 2. The maximum Gasteiger partial charge on any atom is 0.121 e. The van der Waals surface area contributed by atoms with Gasteiger partial charge in [0.15, 0.2) is 0 Å². The molecule has 0 aliphatic carbocycles. The molecule has 0 unspecified atom stereocenters. The Labute approximate surface area is 99.4 Å². The van der Waals surface area contributed by atoms with Crippen LogP contribution in [0.4, 0.5) is 0 Å². The summed E-state index contributed by atoms with van der Waals surface area (Å²) in [7, 11) is 0. The number of aromatic hydroxyl groups is 1. The first-order valence-electron chi connectivity index (χ1n) is 5.17. The average molecular weight is 233 g/mol. The summed E-state index contributed by atoms with van der Waals surface area (Å²) in [6.45, 7) is 3.79. The van der Waals surface area contributed by atoms with Gasteiger partial charge in [-0.15, -0.1) is 0 Å². The van der Waals surface area contributed by atoms with Crippen molar-refractivity contribution in [1.29, 1.82) is 0 Å². The van der Waals surface area contributed by atoms with Crippen LogP contribution in [-0.4, -0.2) is 5.11 Å². The van der Waals surface area contributed by atoms with Crippen LogP contribution in [0.5, 0.6) is 5.75 Å². The van der Waals surface area contributed by atoms with Crippen LogP contribution in [0.15, 0.2) is 29.0 Å². The molecule has 0 aliphatic rings. The van der Waals surface area contributed by atoms with Crippen LogP contribution in [0.2, 0.25) is 0 Å². The van der Waals surface area contributed by atoms with E-state index in [1.807, 2.05) is 37.4 Å². The summed E-state index contributed by atoms with van der Waals surface area (Å²) in [5.41, 5.74) is 10.1. The van der Waals surface area contributed by atoms with Crippen LogP contribution in [0.3, 0.4) is 0 Å². The highest BCUT2D eigenvalue weighted by Crippen LogP contribution is 2.28. The van der Waals surface area contributed by atoms with E-state index in [2.05, 4.69) is 5.38 Å². The summed E-state index contributed by atoms with van der Waals surface area (Å²) < 4.78 is 0. The van der Waals surface area contributed by atoms with E-state index in [1.165, 1.54) is 0 Å². The van der Waals surface area contributed by atoms with E-state index in [0.717, 1.165) is 22.3 Å². The molecule has 1 atom stereocenters. The third-order valence-electron chi connectivity index (χ3n) is 2.77. The number of nitrogens with two attached hydrogens (primary N) is 1. The van der Waals surface area contributed by atoms with Crippen LogP contribution >= 0.6 is 11.3 Å². The SMILES string of the molecule is Cc1cc([C@@H](N)c2ccsc2)cc(C)c1O. The monoisotopic (exact) mass is 233 g/mol. The summed E-state index contributed by atoms with van der Waals surface area (Å²) in [5.74, 6) is 0.362. The lowest BCUT2D eigenvalue weighted by atomic mass is 9.97. The second-order valence-corrected chi connectivity index (χ2v) is 4.82. The summed E-state index contributed by atoms with van der Waals surface area (Å²) in [5, 5.41) is 13.8. The van der Waals surface area contributed by atoms with Crippen molar-refractivity contribution >= 4 is 11.3 Å². The first-order chi connectivity index (χ1) is 7.59. The molecule has 16 heavy (non-hydrogen) atoms. The van der Waals surface area contributed by atoms with Gasteiger partial charge in [-0.25, -0.2) is 0 Å². The first kappa shape index (κ1) is 11.2. The van der Waals surface area contributed by atoms with Crippen LogP contribution in [0, 0.1) is 13.8 Å². The minimum absolute atomic E-state index is 0.107. The second-order valence-electron chi connectivity index (χ2n) is 4.04. The number of hydrogen-bond acceptors (Lipinski definition) is 3. The van der Waals surface area contributed by atoms with Gasteiger partial charge in [-0.2, -0.15) is 11.3 Å². The van der Waals surface area contributed by atoms with Crippen LogP contribution in [0.1, 0.15) is 28.3 Å². The maximum absolute atomic E-state index is 9.70. The normalized spacial score (nSPS) is 12.7. The third-order valence-corrected chi connectivity index (χ3v) is 3.48. The summed E-state index contributed by atoms with van der Waals surface area (Å²) in [6.07, 6.45) is 0. The predicted molar refractivity (Wildman–Crippen MR) is 67.9 cm³/mol. The number of phenols is 1. The molecule has 2 nitrogen and oxygen atoms in total. The molecule has 1 heterocycles. The fraction of sp³-hybridized carbons (Fsp3) is 0.231. The lowest BCUT2D eigenvalue weighted by molar-refractivity contribution is 0.466. The van der Waals surface area contributed by atoms with Gasteiger partial charge in [0.05, 0.1) is 6.04 Å². The summed E-state index contributed by atoms with van der Waals surface area (Å²) >= 11 is 1.64. The van der Waals surface area contributed by atoms with E-state index in [1.54, 1.807) is 11.3 Å². The molecule has 0 radical (unpaired) electrons. The van der Waals surface area contributed by atoms with E-state index in [-0.39, 0.29) is 6.04 Å². The zero-order valence-corrected chi connectivity index (χ0v) is 10.2. The summed E-state index contributed by atoms with van der Waals surface area (Å²) in [4.78, 5) is 0. The fourth-order valence-corrected chi connectivity index (χ4v) is 2.51. The molecule has 0 aliphatic heterocycles. The molecule has 0 saturated heterocycles. The fourth-order valence-electron chi connectivity index (χ4n) is 1.81. The van der Waals surface area contributed by atoms with Crippen LogP contribution < -0.4 is 5.73 Å². The van der Waals surface area contributed by atoms with Crippen molar-refractivity contribution in [3.05, 3.63) is 51.2 Å². The number of aryl methyl sites for hydroxylation is 2. The number of phenolic OH excluding ortho intramolecular Hbond substituents is 1. The highest BCUT2D eigenvalue weighted by molar-refractivity contribution is 7.08. The number of thiophene rings is 1. The Balaban J connectivity index is 2.42. The van der Waals surface area contributed by atoms with Crippen molar-refractivity contribution in [3.8, 4) is 5.75 Å². The Hall–Kier alpha value is -1.32. The van der Waals surface area contributed by atoms with Gasteiger partial charge in [0.25, 0.3) is 0 Å². The molecule has 0 bridgehead atoms. The van der Waals surface area contributed by atoms with Crippen LogP contribution in [0.25, 0.3) is 0 Å². The van der Waals surface area contributed by atoms with E-state index >= 15 is 0 Å². The Morgan fingerprint density at radius 3 is 2.31 bits per heavy atom. The van der Waals surface area contributed by atoms with Crippen molar-refractivity contribution in [3.63, 3.8) is 0 Å². The minimum Gasteiger partial charge on any atom is -0.507 e. The molecule has 2 rings (SSSR count). The molecule has 0 spiro atoms. The van der Waals surface area contributed by atoms with Crippen molar-refractivity contribution in [2.24, 2.45) is 5.73 Å². The van der Waals surface area contributed by atoms with Crippen molar-refractivity contribution in [2.75, 3.05) is 0 Å². The van der Waals surface area contributed by atoms with Crippen molar-refractivity contribution < 1.29 is 5.11 Å². The van der Waals surface area contributed by atoms with Gasteiger partial charge < -0.3 is 10.8 Å². The lowest BCUT2D eigenvalue weighted by Gasteiger charge is -2.13.